The highest BCUT2D eigenvalue weighted by Gasteiger charge is 2.97. The number of carbonyl (C=O) groups excluding carboxylic acids is 3. The molecule has 1 aromatic rings. The van der Waals surface area contributed by atoms with E-state index in [1.54, 1.807) is 18.2 Å². The Bertz CT molecular complexity index is 1290. The summed E-state index contributed by atoms with van der Waals surface area (Å²) in [4.78, 5) is 41.3. The normalized spacial score (nSPS) is 49.2. The van der Waals surface area contributed by atoms with E-state index in [9.17, 15) is 24.6 Å². The lowest BCUT2D eigenvalue weighted by molar-refractivity contribution is -0.465. The fourth-order valence-electron chi connectivity index (χ4n) is 9.74. The van der Waals surface area contributed by atoms with Crippen LogP contribution < -0.4 is 0 Å². The zero-order valence-electron chi connectivity index (χ0n) is 20.3. The molecule has 8 heteroatoms. The number of hydrogen-bond donors (Lipinski definition) is 2. The Balaban J connectivity index is 1.37. The zero-order chi connectivity index (χ0) is 25.6. The topological polar surface area (TPSA) is 110 Å². The summed E-state index contributed by atoms with van der Waals surface area (Å²) in [6, 6.07) is 6.44. The summed E-state index contributed by atoms with van der Waals surface area (Å²) < 4.78 is 11.9. The van der Waals surface area contributed by atoms with Gasteiger partial charge >= 0.3 is 5.97 Å². The summed E-state index contributed by atoms with van der Waals surface area (Å²) in [5.74, 6) is -5.27. The number of rotatable bonds is 2. The highest BCUT2D eigenvalue weighted by molar-refractivity contribution is 6.33. The molecule has 2 saturated heterocycles. The number of esters is 1. The molecule has 8 rings (SSSR count). The molecule has 0 radical (unpaired) electrons. The summed E-state index contributed by atoms with van der Waals surface area (Å²) in [5, 5.41) is 24.0. The van der Waals surface area contributed by atoms with E-state index in [1.165, 1.54) is 6.07 Å². The van der Waals surface area contributed by atoms with Crippen molar-refractivity contribution >= 4 is 29.1 Å². The van der Waals surface area contributed by atoms with Crippen LogP contribution in [0.4, 0.5) is 0 Å². The molecular formula is C28H29ClO7. The van der Waals surface area contributed by atoms with Gasteiger partial charge in [0, 0.05) is 18.3 Å². The van der Waals surface area contributed by atoms with Crippen LogP contribution in [0.15, 0.2) is 36.4 Å². The third-order valence-electron chi connectivity index (χ3n) is 11.0. The van der Waals surface area contributed by atoms with Crippen LogP contribution in [-0.2, 0) is 19.1 Å². The molecule has 190 valence electrons. The Kier molecular flexibility index (Phi) is 4.16. The highest BCUT2D eigenvalue weighted by atomic mass is 35.5. The predicted octanol–water partition coefficient (Wildman–Crippen LogP) is 3.10. The molecule has 2 N–H and O–H groups in total. The maximum atomic E-state index is 14.4. The van der Waals surface area contributed by atoms with Crippen LogP contribution in [0.1, 0.15) is 49.9 Å². The number of hydrogen-bond acceptors (Lipinski definition) is 7. The molecule has 2 heterocycles. The van der Waals surface area contributed by atoms with Crippen LogP contribution in [0.3, 0.4) is 0 Å². The number of aliphatic hydroxyl groups is 2. The minimum Gasteiger partial charge on any atom is -0.442 e. The van der Waals surface area contributed by atoms with Crippen LogP contribution in [0, 0.1) is 39.9 Å². The van der Waals surface area contributed by atoms with Gasteiger partial charge in [-0.1, -0.05) is 44.2 Å². The second kappa shape index (κ2) is 6.49. The molecule has 5 aliphatic carbocycles. The minimum atomic E-state index is -2.17. The summed E-state index contributed by atoms with van der Waals surface area (Å²) in [6.45, 7) is 8.14. The molecule has 7 nitrogen and oxygen atoms in total. The van der Waals surface area contributed by atoms with Crippen LogP contribution in [-0.4, -0.2) is 51.8 Å². The zero-order valence-corrected chi connectivity index (χ0v) is 21.0. The number of aliphatic hydroxyl groups excluding tert-OH is 1. The number of halogens is 1. The monoisotopic (exact) mass is 512 g/mol. The predicted molar refractivity (Wildman–Crippen MR) is 127 cm³/mol. The van der Waals surface area contributed by atoms with E-state index in [4.69, 9.17) is 21.1 Å². The fourth-order valence-corrected chi connectivity index (χ4v) is 9.95. The lowest BCUT2D eigenvalue weighted by Crippen LogP contribution is -2.96. The average Bonchev–Trinajstić information content (AvgIpc) is 2.84. The van der Waals surface area contributed by atoms with Gasteiger partial charge in [0.05, 0.1) is 22.6 Å². The van der Waals surface area contributed by atoms with Crippen molar-refractivity contribution in [2.75, 3.05) is 6.61 Å². The maximum Gasteiger partial charge on any atom is 0.340 e. The van der Waals surface area contributed by atoms with Gasteiger partial charge in [0.2, 0.25) is 5.79 Å². The third kappa shape index (κ3) is 2.02. The number of Topliss-reactive ketones (excluding diaryl/α,β-unsaturated/α-hetero) is 2. The lowest BCUT2D eigenvalue weighted by atomic mass is 9.21. The first-order chi connectivity index (χ1) is 16.9. The molecular weight excluding hydrogens is 484 g/mol. The molecule has 2 aliphatic heterocycles. The smallest absolute Gasteiger partial charge is 0.340 e. The van der Waals surface area contributed by atoms with Gasteiger partial charge in [-0.25, -0.2) is 4.79 Å². The molecule has 7 aliphatic rings. The number of ketones is 2. The number of ether oxygens (including phenoxy) is 2. The van der Waals surface area contributed by atoms with Crippen LogP contribution in [0.5, 0.6) is 0 Å². The molecule has 36 heavy (non-hydrogen) atoms. The SMILES string of the molecule is C=C1[C@@H]2CC[C@H]3[C@@]45COC(O)([C@@H](O)[C@@H]4C(C)(C)CCC5=O)[C@]34C(=O)C1(OC(=O)c1ccccc1Cl)[C@H]24. The Labute approximate surface area is 213 Å². The van der Waals surface area contributed by atoms with Gasteiger partial charge in [-0.2, -0.15) is 0 Å². The van der Waals surface area contributed by atoms with Crippen molar-refractivity contribution in [1.82, 2.24) is 0 Å². The van der Waals surface area contributed by atoms with Crippen molar-refractivity contribution < 1.29 is 34.1 Å². The number of carbonyl (C=O) groups is 3. The standard InChI is InChI=1S/C28H29ClO7/c1-13-14-8-9-17-25-12-35-28(34,21(31)20(25)24(2,3)11-10-18(25)30)26(17)19(14)27(13,23(26)33)36-22(32)15-6-4-5-7-16(15)29/h4-7,14,17,19-21,31,34H,1,8-12H2,2-3H3/t14-,17-,19+,20+,21-,25+,26+,27?,28?/m0/s1. The molecule has 2 spiro atoms. The summed E-state index contributed by atoms with van der Waals surface area (Å²) in [7, 11) is 0. The van der Waals surface area contributed by atoms with Gasteiger partial charge in [-0.05, 0) is 54.2 Å². The lowest BCUT2D eigenvalue weighted by Gasteiger charge is -2.83. The van der Waals surface area contributed by atoms with Crippen molar-refractivity contribution in [3.63, 3.8) is 0 Å². The van der Waals surface area contributed by atoms with E-state index in [-0.39, 0.29) is 28.9 Å². The first-order valence-electron chi connectivity index (χ1n) is 12.7. The largest absolute Gasteiger partial charge is 0.442 e. The quantitative estimate of drug-likeness (QED) is 0.463. The molecule has 9 atom stereocenters. The number of fused-ring (bicyclic) bond motifs is 1. The summed E-state index contributed by atoms with van der Waals surface area (Å²) >= 11 is 6.21. The van der Waals surface area contributed by atoms with Crippen LogP contribution >= 0.6 is 11.6 Å². The van der Waals surface area contributed by atoms with E-state index < -0.39 is 63.2 Å². The Morgan fingerprint density at radius 1 is 1.19 bits per heavy atom. The van der Waals surface area contributed by atoms with Gasteiger partial charge < -0.3 is 19.7 Å². The van der Waals surface area contributed by atoms with Crippen molar-refractivity contribution in [3.05, 3.63) is 47.0 Å². The first-order valence-corrected chi connectivity index (χ1v) is 13.1. The highest BCUT2D eigenvalue weighted by Crippen LogP contribution is 2.85. The second-order valence-corrected chi connectivity index (χ2v) is 12.8. The van der Waals surface area contributed by atoms with Crippen LogP contribution in [0.25, 0.3) is 0 Å². The Morgan fingerprint density at radius 2 is 1.92 bits per heavy atom. The summed E-state index contributed by atoms with van der Waals surface area (Å²) in [5.41, 5.74) is -4.00. The Morgan fingerprint density at radius 3 is 2.64 bits per heavy atom. The van der Waals surface area contributed by atoms with Gasteiger partial charge in [0.15, 0.2) is 11.4 Å². The van der Waals surface area contributed by atoms with E-state index in [0.717, 1.165) is 0 Å². The molecule has 7 fully saturated rings. The second-order valence-electron chi connectivity index (χ2n) is 12.4. The molecule has 0 amide bonds. The van der Waals surface area contributed by atoms with E-state index >= 15 is 0 Å². The van der Waals surface area contributed by atoms with Crippen LogP contribution in [0.2, 0.25) is 5.02 Å². The molecule has 2 unspecified atom stereocenters. The molecule has 0 aromatic heterocycles. The van der Waals surface area contributed by atoms with Gasteiger partial charge in [0.1, 0.15) is 17.3 Å². The van der Waals surface area contributed by atoms with E-state index in [0.29, 0.717) is 31.3 Å². The maximum absolute atomic E-state index is 14.4. The van der Waals surface area contributed by atoms with Crippen molar-refractivity contribution in [2.45, 2.75) is 57.0 Å². The van der Waals surface area contributed by atoms with E-state index in [1.807, 2.05) is 13.8 Å². The van der Waals surface area contributed by atoms with Gasteiger partial charge in [0.25, 0.3) is 0 Å². The van der Waals surface area contributed by atoms with Crippen molar-refractivity contribution in [2.24, 2.45) is 39.9 Å². The van der Waals surface area contributed by atoms with E-state index in [2.05, 4.69) is 6.58 Å². The molecule has 1 aromatic carbocycles. The minimum absolute atomic E-state index is 0.00744. The Hall–Kier alpha value is -2.06. The van der Waals surface area contributed by atoms with Gasteiger partial charge in [-0.3, -0.25) is 9.59 Å². The third-order valence-corrected chi connectivity index (χ3v) is 11.3. The summed E-state index contributed by atoms with van der Waals surface area (Å²) in [6.07, 6.45) is 0.726. The van der Waals surface area contributed by atoms with Gasteiger partial charge in [-0.15, -0.1) is 0 Å². The number of benzene rings is 1. The molecule has 5 saturated carbocycles. The average molecular weight is 513 g/mol. The fraction of sp³-hybridized carbons (Fsp3) is 0.607. The van der Waals surface area contributed by atoms with Crippen molar-refractivity contribution in [1.29, 1.82) is 0 Å². The first kappa shape index (κ1) is 23.1. The molecule has 2 bridgehead atoms. The van der Waals surface area contributed by atoms with Crippen molar-refractivity contribution in [3.8, 4) is 0 Å².